The normalized spacial score (nSPS) is 10.2. The zero-order valence-corrected chi connectivity index (χ0v) is 13.0. The van der Waals surface area contributed by atoms with E-state index in [1.54, 1.807) is 18.2 Å². The molecule has 0 saturated heterocycles. The maximum Gasteiger partial charge on any atom is 0.348 e. The van der Waals surface area contributed by atoms with E-state index in [-0.39, 0.29) is 12.5 Å². The van der Waals surface area contributed by atoms with Gasteiger partial charge in [-0.3, -0.25) is 4.79 Å². The van der Waals surface area contributed by atoms with Crippen LogP contribution in [0.25, 0.3) is 0 Å². The van der Waals surface area contributed by atoms with Crippen molar-refractivity contribution in [2.24, 2.45) is 0 Å². The number of benzene rings is 1. The van der Waals surface area contributed by atoms with Gasteiger partial charge in [0, 0.05) is 16.4 Å². The van der Waals surface area contributed by atoms with Crippen molar-refractivity contribution in [2.45, 2.75) is 13.5 Å². The molecular formula is C15H14ClNO3S. The molecule has 0 aliphatic rings. The largest absolute Gasteiger partial charge is 0.451 e. The molecule has 0 bridgehead atoms. The molecule has 0 radical (unpaired) electrons. The summed E-state index contributed by atoms with van der Waals surface area (Å²) in [5.74, 6) is -0.818. The molecule has 110 valence electrons. The summed E-state index contributed by atoms with van der Waals surface area (Å²) in [6, 6.07) is 10.7. The van der Waals surface area contributed by atoms with Crippen LogP contribution < -0.4 is 5.32 Å². The second kappa shape index (κ2) is 7.24. The van der Waals surface area contributed by atoms with E-state index in [9.17, 15) is 9.59 Å². The van der Waals surface area contributed by atoms with Crippen LogP contribution in [0.4, 0.5) is 0 Å². The summed E-state index contributed by atoms with van der Waals surface area (Å²) >= 11 is 7.12. The summed E-state index contributed by atoms with van der Waals surface area (Å²) in [4.78, 5) is 24.8. The first kappa shape index (κ1) is 15.5. The molecule has 0 aliphatic carbocycles. The molecule has 1 aromatic heterocycles. The number of esters is 1. The SMILES string of the molecule is Cc1ccc(C(=O)OCC(=O)NCc2ccc(Cl)cc2)s1. The van der Waals surface area contributed by atoms with Crippen LogP contribution in [0.1, 0.15) is 20.1 Å². The minimum Gasteiger partial charge on any atom is -0.451 e. The maximum atomic E-state index is 11.7. The number of rotatable bonds is 5. The van der Waals surface area contributed by atoms with E-state index in [1.807, 2.05) is 25.1 Å². The number of amides is 1. The Balaban J connectivity index is 1.74. The topological polar surface area (TPSA) is 55.4 Å². The molecule has 0 saturated carbocycles. The van der Waals surface area contributed by atoms with Crippen molar-refractivity contribution in [1.82, 2.24) is 5.32 Å². The quantitative estimate of drug-likeness (QED) is 0.860. The lowest BCUT2D eigenvalue weighted by Gasteiger charge is -2.06. The lowest BCUT2D eigenvalue weighted by Crippen LogP contribution is -2.28. The molecule has 0 fully saturated rings. The summed E-state index contributed by atoms with van der Waals surface area (Å²) < 4.78 is 4.95. The summed E-state index contributed by atoms with van der Waals surface area (Å²) in [7, 11) is 0. The summed E-state index contributed by atoms with van der Waals surface area (Å²) in [6.07, 6.45) is 0. The molecule has 21 heavy (non-hydrogen) atoms. The molecule has 2 rings (SSSR count). The van der Waals surface area contributed by atoms with Gasteiger partial charge in [0.1, 0.15) is 4.88 Å². The van der Waals surface area contributed by atoms with Gasteiger partial charge < -0.3 is 10.1 Å². The summed E-state index contributed by atoms with van der Waals surface area (Å²) in [5.41, 5.74) is 0.924. The van der Waals surface area contributed by atoms with E-state index in [2.05, 4.69) is 5.32 Å². The maximum absolute atomic E-state index is 11.7. The molecule has 1 amide bonds. The Labute approximate surface area is 131 Å². The first-order valence-corrected chi connectivity index (χ1v) is 7.49. The monoisotopic (exact) mass is 323 g/mol. The number of carbonyl (C=O) groups excluding carboxylic acids is 2. The highest BCUT2D eigenvalue weighted by atomic mass is 35.5. The van der Waals surface area contributed by atoms with Crippen molar-refractivity contribution in [3.8, 4) is 0 Å². The van der Waals surface area contributed by atoms with Crippen LogP contribution in [-0.2, 0) is 16.1 Å². The van der Waals surface area contributed by atoms with Gasteiger partial charge in [0.05, 0.1) is 0 Å². The van der Waals surface area contributed by atoms with Gasteiger partial charge in [0.2, 0.25) is 0 Å². The highest BCUT2D eigenvalue weighted by Gasteiger charge is 2.11. The van der Waals surface area contributed by atoms with Crippen LogP contribution in [-0.4, -0.2) is 18.5 Å². The molecule has 0 aliphatic heterocycles. The number of nitrogens with one attached hydrogen (secondary N) is 1. The van der Waals surface area contributed by atoms with Gasteiger partial charge in [-0.05, 0) is 36.8 Å². The third kappa shape index (κ3) is 4.88. The predicted octanol–water partition coefficient (Wildman–Crippen LogP) is 3.18. The number of carbonyl (C=O) groups is 2. The highest BCUT2D eigenvalue weighted by Crippen LogP contribution is 2.15. The van der Waals surface area contributed by atoms with Crippen LogP contribution in [0.2, 0.25) is 5.02 Å². The van der Waals surface area contributed by atoms with Crippen molar-refractivity contribution in [3.63, 3.8) is 0 Å². The molecule has 4 nitrogen and oxygen atoms in total. The zero-order chi connectivity index (χ0) is 15.2. The lowest BCUT2D eigenvalue weighted by molar-refractivity contribution is -0.124. The number of thiophene rings is 1. The standard InChI is InChI=1S/C15H14ClNO3S/c1-10-2-7-13(21-10)15(19)20-9-14(18)17-8-11-3-5-12(16)6-4-11/h2-7H,8-9H2,1H3,(H,17,18). The van der Waals surface area contributed by atoms with Crippen LogP contribution in [0, 0.1) is 6.92 Å². The van der Waals surface area contributed by atoms with Gasteiger partial charge >= 0.3 is 5.97 Å². The van der Waals surface area contributed by atoms with E-state index in [1.165, 1.54) is 11.3 Å². The van der Waals surface area contributed by atoms with Crippen LogP contribution in [0.5, 0.6) is 0 Å². The molecule has 1 heterocycles. The zero-order valence-electron chi connectivity index (χ0n) is 11.4. The molecule has 2 aromatic rings. The van der Waals surface area contributed by atoms with Crippen LogP contribution in [0.3, 0.4) is 0 Å². The van der Waals surface area contributed by atoms with Crippen LogP contribution >= 0.6 is 22.9 Å². The molecule has 0 atom stereocenters. The van der Waals surface area contributed by atoms with Gasteiger partial charge in [-0.1, -0.05) is 23.7 Å². The van der Waals surface area contributed by atoms with E-state index < -0.39 is 5.97 Å². The van der Waals surface area contributed by atoms with Gasteiger partial charge in [0.25, 0.3) is 5.91 Å². The van der Waals surface area contributed by atoms with Crippen molar-refractivity contribution in [3.05, 3.63) is 56.7 Å². The third-order valence-corrected chi connectivity index (χ3v) is 3.91. The fraction of sp³-hybridized carbons (Fsp3) is 0.200. The number of hydrogen-bond donors (Lipinski definition) is 1. The van der Waals surface area contributed by atoms with E-state index in [0.29, 0.717) is 16.4 Å². The van der Waals surface area contributed by atoms with E-state index in [4.69, 9.17) is 16.3 Å². The minimum absolute atomic E-state index is 0.288. The molecule has 0 spiro atoms. The molecule has 1 aromatic carbocycles. The van der Waals surface area contributed by atoms with Crippen molar-refractivity contribution < 1.29 is 14.3 Å². The smallest absolute Gasteiger partial charge is 0.348 e. The Morgan fingerprint density at radius 3 is 2.52 bits per heavy atom. The Bertz CT molecular complexity index is 637. The predicted molar refractivity (Wildman–Crippen MR) is 82.6 cm³/mol. The first-order valence-electron chi connectivity index (χ1n) is 6.29. The molecule has 0 unspecified atom stereocenters. The van der Waals surface area contributed by atoms with Crippen molar-refractivity contribution >= 4 is 34.8 Å². The molecular weight excluding hydrogens is 310 g/mol. The third-order valence-electron chi connectivity index (χ3n) is 2.68. The Hall–Kier alpha value is -1.85. The van der Waals surface area contributed by atoms with Gasteiger partial charge in [0.15, 0.2) is 6.61 Å². The molecule has 6 heteroatoms. The van der Waals surface area contributed by atoms with Gasteiger partial charge in [-0.2, -0.15) is 0 Å². The number of aryl methyl sites for hydroxylation is 1. The highest BCUT2D eigenvalue weighted by molar-refractivity contribution is 7.13. The average molecular weight is 324 g/mol. The Kier molecular flexibility index (Phi) is 5.36. The van der Waals surface area contributed by atoms with Gasteiger partial charge in [-0.15, -0.1) is 11.3 Å². The van der Waals surface area contributed by atoms with Crippen molar-refractivity contribution in [2.75, 3.05) is 6.61 Å². The molecule has 1 N–H and O–H groups in total. The fourth-order valence-corrected chi connectivity index (χ4v) is 2.49. The average Bonchev–Trinajstić information content (AvgIpc) is 2.91. The number of ether oxygens (including phenoxy) is 1. The summed E-state index contributed by atoms with van der Waals surface area (Å²) in [6.45, 7) is 1.98. The Morgan fingerprint density at radius 1 is 1.19 bits per heavy atom. The minimum atomic E-state index is -0.477. The lowest BCUT2D eigenvalue weighted by atomic mass is 10.2. The number of halogens is 1. The first-order chi connectivity index (χ1) is 10.0. The second-order valence-corrected chi connectivity index (χ2v) is 6.11. The van der Waals surface area contributed by atoms with E-state index in [0.717, 1.165) is 10.4 Å². The second-order valence-electron chi connectivity index (χ2n) is 4.39. The van der Waals surface area contributed by atoms with E-state index >= 15 is 0 Å². The van der Waals surface area contributed by atoms with Crippen molar-refractivity contribution in [1.29, 1.82) is 0 Å². The number of hydrogen-bond acceptors (Lipinski definition) is 4. The van der Waals surface area contributed by atoms with Gasteiger partial charge in [-0.25, -0.2) is 4.79 Å². The fourth-order valence-electron chi connectivity index (χ4n) is 1.60. The summed E-state index contributed by atoms with van der Waals surface area (Å²) in [5, 5.41) is 3.32. The Morgan fingerprint density at radius 2 is 1.90 bits per heavy atom. The van der Waals surface area contributed by atoms with Crippen LogP contribution in [0.15, 0.2) is 36.4 Å².